The summed E-state index contributed by atoms with van der Waals surface area (Å²) < 4.78 is 5.70. The number of carboxylic acid groups (broad SMARTS) is 1. The van der Waals surface area contributed by atoms with Crippen molar-refractivity contribution in [1.82, 2.24) is 0 Å². The molecule has 1 aromatic heterocycles. The fraction of sp³-hybridized carbons (Fsp3) is 0.308. The lowest BCUT2D eigenvalue weighted by Gasteiger charge is -2.21. The third-order valence-electron chi connectivity index (χ3n) is 5.67. The first-order chi connectivity index (χ1) is 16.8. The number of nitrogens with zero attached hydrogens (tertiary/aromatic N) is 1. The third kappa shape index (κ3) is 5.98. The van der Waals surface area contributed by atoms with Gasteiger partial charge in [0.25, 0.3) is 0 Å². The van der Waals surface area contributed by atoms with Crippen molar-refractivity contribution in [3.8, 4) is 0 Å². The standard InChI is InChI=1S/C26H29N3O5S/c1-4-29(5-2)16-11-12-18-23(13-16)34-26(33)19(24(18)35-6-3)15-28-21-10-8-7-9-17(21)22(30)14-20(27)25(31)32/h7-13,15,20H,4-6,14,27H2,1-3H3,(H,31,32)/p+2. The molecule has 0 saturated heterocycles. The van der Waals surface area contributed by atoms with Gasteiger partial charge >= 0.3 is 11.6 Å². The highest BCUT2D eigenvalue weighted by atomic mass is 32.2. The fourth-order valence-electron chi connectivity index (χ4n) is 3.81. The predicted octanol–water partition coefficient (Wildman–Crippen LogP) is 1.85. The van der Waals surface area contributed by atoms with E-state index in [0.29, 0.717) is 22.4 Å². The molecule has 184 valence electrons. The van der Waals surface area contributed by atoms with Crippen molar-refractivity contribution in [2.24, 2.45) is 0 Å². The van der Waals surface area contributed by atoms with Gasteiger partial charge in [-0.3, -0.25) is 4.79 Å². The van der Waals surface area contributed by atoms with Crippen molar-refractivity contribution in [2.75, 3.05) is 23.7 Å². The van der Waals surface area contributed by atoms with E-state index in [1.165, 1.54) is 0 Å². The summed E-state index contributed by atoms with van der Waals surface area (Å²) in [6.07, 6.45) is 1.32. The fourth-order valence-corrected chi connectivity index (χ4v) is 4.72. The molecule has 0 spiro atoms. The van der Waals surface area contributed by atoms with Crippen molar-refractivity contribution < 1.29 is 29.8 Å². The second kappa shape index (κ2) is 11.8. The van der Waals surface area contributed by atoms with Crippen molar-refractivity contribution in [3.05, 3.63) is 64.0 Å². The molecule has 1 heterocycles. The van der Waals surface area contributed by atoms with Crippen LogP contribution in [0.3, 0.4) is 0 Å². The molecule has 0 radical (unpaired) electrons. The average Bonchev–Trinajstić information content (AvgIpc) is 2.84. The molecular weight excluding hydrogens is 466 g/mol. The van der Waals surface area contributed by atoms with Crippen LogP contribution in [0, 0.1) is 0 Å². The number of hydrogen-bond donors (Lipinski definition) is 3. The first-order valence-corrected chi connectivity index (χ1v) is 12.6. The number of benzene rings is 2. The number of aliphatic carboxylic acids is 1. The summed E-state index contributed by atoms with van der Waals surface area (Å²) in [6.45, 7) is 7.86. The molecule has 2 aromatic carbocycles. The van der Waals surface area contributed by atoms with E-state index in [1.54, 1.807) is 42.2 Å². The molecule has 0 fully saturated rings. The first-order valence-electron chi connectivity index (χ1n) is 11.6. The summed E-state index contributed by atoms with van der Waals surface area (Å²) >= 11 is 1.54. The Kier molecular flexibility index (Phi) is 8.84. The Labute approximate surface area is 207 Å². The summed E-state index contributed by atoms with van der Waals surface area (Å²) in [5.74, 6) is -0.720. The molecule has 0 aliphatic heterocycles. The zero-order chi connectivity index (χ0) is 25.5. The smallest absolute Gasteiger partial charge is 0.362 e. The van der Waals surface area contributed by atoms with Gasteiger partial charge in [-0.05, 0) is 37.8 Å². The van der Waals surface area contributed by atoms with Crippen LogP contribution in [-0.2, 0) is 4.79 Å². The molecular formula is C26H31N3O5S+2. The van der Waals surface area contributed by atoms with E-state index < -0.39 is 17.6 Å². The number of fused-ring (bicyclic) bond motifs is 1. The van der Waals surface area contributed by atoms with Gasteiger partial charge in [-0.25, -0.2) is 14.6 Å². The van der Waals surface area contributed by atoms with Gasteiger partial charge in [0.15, 0.2) is 18.0 Å². The Hall–Kier alpha value is -3.43. The normalized spacial score (nSPS) is 12.2. The number of rotatable bonds is 11. The summed E-state index contributed by atoms with van der Waals surface area (Å²) in [7, 11) is 0. The second-order valence-corrected chi connectivity index (χ2v) is 9.19. The van der Waals surface area contributed by atoms with Gasteiger partial charge in [-0.15, -0.1) is 11.8 Å². The van der Waals surface area contributed by atoms with E-state index in [-0.39, 0.29) is 12.2 Å². The van der Waals surface area contributed by atoms with Crippen LogP contribution in [0.25, 0.3) is 11.0 Å². The van der Waals surface area contributed by atoms with Crippen molar-refractivity contribution in [3.63, 3.8) is 0 Å². The molecule has 0 aliphatic rings. The molecule has 0 bridgehead atoms. The number of nitrogens with one attached hydrogen (secondary N) is 1. The number of carbonyl (C=O) groups excluding carboxylic acids is 1. The van der Waals surface area contributed by atoms with Crippen LogP contribution in [0.4, 0.5) is 11.4 Å². The Morgan fingerprint density at radius 3 is 2.54 bits per heavy atom. The summed E-state index contributed by atoms with van der Waals surface area (Å²) in [4.78, 5) is 42.9. The number of thioether (sulfide) groups is 1. The number of para-hydroxylation sites is 1. The summed E-state index contributed by atoms with van der Waals surface area (Å²) in [5, 5.41) is 9.93. The number of Topliss-reactive ketones (excluding diaryl/α,β-unsaturated/α-hetero) is 1. The van der Waals surface area contributed by atoms with Gasteiger partial charge in [0.2, 0.25) is 5.69 Å². The maximum absolute atomic E-state index is 13.0. The molecule has 35 heavy (non-hydrogen) atoms. The van der Waals surface area contributed by atoms with Gasteiger partial charge in [0.05, 0.1) is 12.0 Å². The lowest BCUT2D eigenvalue weighted by molar-refractivity contribution is -0.405. The highest BCUT2D eigenvalue weighted by Gasteiger charge is 2.24. The summed E-state index contributed by atoms with van der Waals surface area (Å²) in [5.41, 5.74) is 5.72. The van der Waals surface area contributed by atoms with E-state index >= 15 is 0 Å². The Morgan fingerprint density at radius 1 is 1.17 bits per heavy atom. The molecule has 9 heteroatoms. The minimum Gasteiger partial charge on any atom is -0.477 e. The minimum atomic E-state index is -1.13. The second-order valence-electron chi connectivity index (χ2n) is 7.91. The lowest BCUT2D eigenvalue weighted by Crippen LogP contribution is -2.66. The third-order valence-corrected chi connectivity index (χ3v) is 6.69. The first kappa shape index (κ1) is 26.2. The minimum absolute atomic E-state index is 0.224. The molecule has 8 nitrogen and oxygen atoms in total. The van der Waals surface area contributed by atoms with Crippen LogP contribution in [-0.4, -0.2) is 48.0 Å². The number of hydrogen-bond acceptors (Lipinski definition) is 6. The lowest BCUT2D eigenvalue weighted by atomic mass is 10.0. The molecule has 0 amide bonds. The highest BCUT2D eigenvalue weighted by Crippen LogP contribution is 2.31. The van der Waals surface area contributed by atoms with Crippen LogP contribution < -0.4 is 21.3 Å². The van der Waals surface area contributed by atoms with Gasteiger partial charge < -0.3 is 20.2 Å². The number of anilines is 1. The van der Waals surface area contributed by atoms with E-state index in [4.69, 9.17) is 9.52 Å². The SMILES string of the molecule is CCSc1c(C=[NH+]c2ccccc2C(=O)CC([NH3+])C(=O)O)c(=O)oc2cc(N(CC)CC)ccc12. The van der Waals surface area contributed by atoms with E-state index in [1.807, 2.05) is 25.1 Å². The van der Waals surface area contributed by atoms with Gasteiger partial charge in [0, 0.05) is 41.2 Å². The van der Waals surface area contributed by atoms with Crippen molar-refractivity contribution in [1.29, 1.82) is 0 Å². The molecule has 0 aliphatic carbocycles. The van der Waals surface area contributed by atoms with Crippen LogP contribution in [0.15, 0.2) is 56.6 Å². The van der Waals surface area contributed by atoms with E-state index in [2.05, 4.69) is 29.5 Å². The van der Waals surface area contributed by atoms with Gasteiger partial charge in [-0.1, -0.05) is 19.1 Å². The molecule has 3 aromatic rings. The zero-order valence-corrected chi connectivity index (χ0v) is 21.0. The van der Waals surface area contributed by atoms with E-state index in [9.17, 15) is 14.4 Å². The Bertz CT molecular complexity index is 1310. The molecule has 1 unspecified atom stereocenters. The highest BCUT2D eigenvalue weighted by molar-refractivity contribution is 7.99. The number of ketones is 1. The summed E-state index contributed by atoms with van der Waals surface area (Å²) in [6, 6.07) is 11.6. The van der Waals surface area contributed by atoms with Crippen LogP contribution in [0.5, 0.6) is 0 Å². The number of carboxylic acids is 1. The monoisotopic (exact) mass is 497 g/mol. The average molecular weight is 498 g/mol. The van der Waals surface area contributed by atoms with Crippen molar-refractivity contribution >= 4 is 52.1 Å². The quantitative estimate of drug-likeness (QED) is 0.160. The van der Waals surface area contributed by atoms with Crippen LogP contribution >= 0.6 is 11.8 Å². The Balaban J connectivity index is 2.05. The topological polar surface area (TPSA) is 129 Å². The largest absolute Gasteiger partial charge is 0.477 e. The Morgan fingerprint density at radius 2 is 1.89 bits per heavy atom. The number of quaternary nitrogens is 1. The van der Waals surface area contributed by atoms with Crippen LogP contribution in [0.2, 0.25) is 0 Å². The molecule has 3 rings (SSSR count). The molecule has 5 N–H and O–H groups in total. The van der Waals surface area contributed by atoms with Crippen molar-refractivity contribution in [2.45, 2.75) is 38.1 Å². The van der Waals surface area contributed by atoms with Gasteiger partial charge in [0.1, 0.15) is 11.1 Å². The zero-order valence-electron chi connectivity index (χ0n) is 20.2. The molecule has 0 saturated carbocycles. The van der Waals surface area contributed by atoms with Gasteiger partial charge in [-0.2, -0.15) is 0 Å². The predicted molar refractivity (Wildman–Crippen MR) is 138 cm³/mol. The van der Waals surface area contributed by atoms with Crippen LogP contribution in [0.1, 0.15) is 43.1 Å². The maximum atomic E-state index is 13.0. The maximum Gasteiger partial charge on any atom is 0.362 e. The number of carbonyl (C=O) groups is 2. The van der Waals surface area contributed by atoms with E-state index in [0.717, 1.165) is 34.8 Å². The molecule has 1 atom stereocenters.